The predicted octanol–water partition coefficient (Wildman–Crippen LogP) is 2.35. The van der Waals surface area contributed by atoms with Crippen LogP contribution in [0, 0.1) is 0 Å². The third-order valence-corrected chi connectivity index (χ3v) is 7.03. The Kier molecular flexibility index (Phi) is 12.0. The number of hydrogen-bond donors (Lipinski definition) is 0. The Balaban J connectivity index is 0.000000149. The van der Waals surface area contributed by atoms with E-state index in [1.54, 1.807) is 37.2 Å². The van der Waals surface area contributed by atoms with E-state index in [2.05, 4.69) is 103 Å². The maximum Gasteiger partial charge on any atom is 2.00 e. The SMILES string of the molecule is [Fe+2].[I-].[I-].c1cnc2c(c1)ccc1cccnc12.c1cnc2c(c1)ccc1cccnc12.c1cnc2c(c1)ccc1cccnc12. The van der Waals surface area contributed by atoms with Crippen molar-refractivity contribution in [3.05, 3.63) is 146 Å². The van der Waals surface area contributed by atoms with Crippen molar-refractivity contribution < 1.29 is 65.0 Å². The first-order valence-electron chi connectivity index (χ1n) is 13.6. The van der Waals surface area contributed by atoms with Crippen LogP contribution in [0.4, 0.5) is 0 Å². The van der Waals surface area contributed by atoms with Gasteiger partial charge in [0.25, 0.3) is 0 Å². The van der Waals surface area contributed by atoms with Gasteiger partial charge in [-0.1, -0.05) is 72.8 Å². The van der Waals surface area contributed by atoms with Crippen molar-refractivity contribution in [2.75, 3.05) is 0 Å². The van der Waals surface area contributed by atoms with Crippen LogP contribution in [0.1, 0.15) is 0 Å². The summed E-state index contributed by atoms with van der Waals surface area (Å²) in [6.07, 6.45) is 10.8. The first-order valence-corrected chi connectivity index (χ1v) is 13.6. The summed E-state index contributed by atoms with van der Waals surface area (Å²) >= 11 is 0. The van der Waals surface area contributed by atoms with Gasteiger partial charge in [-0.2, -0.15) is 0 Å². The van der Waals surface area contributed by atoms with Crippen LogP contribution < -0.4 is 48.0 Å². The van der Waals surface area contributed by atoms with Crippen LogP contribution in [0.5, 0.6) is 0 Å². The fraction of sp³-hybridized carbons (Fsp3) is 0. The van der Waals surface area contributed by atoms with Crippen LogP contribution in [0.2, 0.25) is 0 Å². The number of benzene rings is 3. The molecule has 0 saturated carbocycles. The second-order valence-corrected chi connectivity index (χ2v) is 9.65. The van der Waals surface area contributed by atoms with E-state index in [-0.39, 0.29) is 65.0 Å². The Labute approximate surface area is 304 Å². The van der Waals surface area contributed by atoms with E-state index >= 15 is 0 Å². The molecule has 0 N–H and O–H groups in total. The third kappa shape index (κ3) is 7.33. The second kappa shape index (κ2) is 15.9. The first kappa shape index (κ1) is 34.0. The maximum absolute atomic E-state index is 4.35. The topological polar surface area (TPSA) is 77.3 Å². The summed E-state index contributed by atoms with van der Waals surface area (Å²) in [6, 6.07) is 36.4. The number of pyridine rings is 6. The molecule has 0 atom stereocenters. The van der Waals surface area contributed by atoms with Crippen LogP contribution in [0.25, 0.3) is 65.4 Å². The monoisotopic (exact) mass is 850 g/mol. The zero-order valence-electron chi connectivity index (χ0n) is 23.6. The van der Waals surface area contributed by atoms with Crippen molar-refractivity contribution in [1.29, 1.82) is 0 Å². The standard InChI is InChI=1S/3C12H8N2.Fe.2HI/c3*1-3-9-5-6-10-4-2-8-14-12(10)11(9)13-7-1;;;/h3*1-8H;;2*1H/q;;;+2;;/p-2. The van der Waals surface area contributed by atoms with Gasteiger partial charge in [0.05, 0.1) is 33.1 Å². The molecule has 0 aliphatic carbocycles. The number of aromatic nitrogens is 6. The molecule has 6 aromatic heterocycles. The molecular formula is C36H24FeI2N6. The Bertz CT molecular complexity index is 1920. The molecule has 0 aliphatic heterocycles. The van der Waals surface area contributed by atoms with Gasteiger partial charge < -0.3 is 48.0 Å². The molecular weight excluding hydrogens is 826 g/mol. The molecule has 9 aromatic rings. The average molecular weight is 850 g/mol. The number of fused-ring (bicyclic) bond motifs is 9. The third-order valence-electron chi connectivity index (χ3n) is 7.03. The minimum Gasteiger partial charge on any atom is -1.00 e. The van der Waals surface area contributed by atoms with Crippen molar-refractivity contribution >= 4 is 65.4 Å². The number of nitrogens with zero attached hydrogens (tertiary/aromatic N) is 6. The minimum absolute atomic E-state index is 0. The van der Waals surface area contributed by atoms with Gasteiger partial charge in [-0.15, -0.1) is 0 Å². The molecule has 0 fully saturated rings. The predicted molar refractivity (Wildman–Crippen MR) is 171 cm³/mol. The molecule has 3 aromatic carbocycles. The molecule has 0 radical (unpaired) electrons. The minimum atomic E-state index is 0. The van der Waals surface area contributed by atoms with Crippen molar-refractivity contribution in [3.63, 3.8) is 0 Å². The van der Waals surface area contributed by atoms with Gasteiger partial charge >= 0.3 is 17.1 Å². The van der Waals surface area contributed by atoms with E-state index in [0.29, 0.717) is 0 Å². The molecule has 0 aliphatic rings. The molecule has 45 heavy (non-hydrogen) atoms. The fourth-order valence-electron chi connectivity index (χ4n) is 5.04. The summed E-state index contributed by atoms with van der Waals surface area (Å²) in [4.78, 5) is 26.1. The normalized spacial score (nSPS) is 10.1. The summed E-state index contributed by atoms with van der Waals surface area (Å²) in [6.45, 7) is 0. The van der Waals surface area contributed by atoms with Gasteiger partial charge in [0.2, 0.25) is 0 Å². The van der Waals surface area contributed by atoms with E-state index < -0.39 is 0 Å². The van der Waals surface area contributed by atoms with E-state index in [1.165, 1.54) is 0 Å². The molecule has 0 saturated heterocycles. The summed E-state index contributed by atoms with van der Waals surface area (Å²) in [5.41, 5.74) is 5.86. The van der Waals surface area contributed by atoms with Gasteiger partial charge in [-0.3, -0.25) is 29.9 Å². The molecule has 0 unspecified atom stereocenters. The largest absolute Gasteiger partial charge is 2.00 e. The van der Waals surface area contributed by atoms with Crippen molar-refractivity contribution in [2.45, 2.75) is 0 Å². The van der Waals surface area contributed by atoms with Gasteiger partial charge in [0.1, 0.15) is 0 Å². The summed E-state index contributed by atoms with van der Waals surface area (Å²) in [5.74, 6) is 0. The molecule has 6 heterocycles. The Morgan fingerprint density at radius 2 is 0.400 bits per heavy atom. The van der Waals surface area contributed by atoms with E-state index in [1.807, 2.05) is 36.4 Å². The van der Waals surface area contributed by atoms with E-state index in [0.717, 1.165) is 65.4 Å². The van der Waals surface area contributed by atoms with Gasteiger partial charge in [-0.25, -0.2) is 0 Å². The Morgan fingerprint density at radius 3 is 0.556 bits per heavy atom. The molecule has 0 amide bonds. The Morgan fingerprint density at radius 1 is 0.244 bits per heavy atom. The zero-order chi connectivity index (χ0) is 28.1. The summed E-state index contributed by atoms with van der Waals surface area (Å²) in [5, 5.41) is 6.83. The summed E-state index contributed by atoms with van der Waals surface area (Å²) < 4.78 is 0. The second-order valence-electron chi connectivity index (χ2n) is 9.65. The van der Waals surface area contributed by atoms with Crippen LogP contribution in [-0.2, 0) is 17.1 Å². The van der Waals surface area contributed by atoms with E-state index in [4.69, 9.17) is 0 Å². The zero-order valence-corrected chi connectivity index (χ0v) is 29.1. The first-order chi connectivity index (χ1) is 20.8. The molecule has 0 spiro atoms. The van der Waals surface area contributed by atoms with Gasteiger partial charge in [-0.05, 0) is 36.4 Å². The van der Waals surface area contributed by atoms with Crippen LogP contribution in [-0.4, -0.2) is 29.9 Å². The molecule has 9 heteroatoms. The van der Waals surface area contributed by atoms with Gasteiger partial charge in [0.15, 0.2) is 0 Å². The van der Waals surface area contributed by atoms with Crippen LogP contribution in [0.3, 0.4) is 0 Å². The Hall–Kier alpha value is -3.90. The number of rotatable bonds is 0. The molecule has 220 valence electrons. The number of hydrogen-bond acceptors (Lipinski definition) is 6. The van der Waals surface area contributed by atoms with Crippen molar-refractivity contribution in [3.8, 4) is 0 Å². The molecule has 6 nitrogen and oxygen atoms in total. The number of halogens is 2. The van der Waals surface area contributed by atoms with Crippen LogP contribution >= 0.6 is 0 Å². The maximum atomic E-state index is 4.35. The van der Waals surface area contributed by atoms with Crippen molar-refractivity contribution in [1.82, 2.24) is 29.9 Å². The smallest absolute Gasteiger partial charge is 1.00 e. The summed E-state index contributed by atoms with van der Waals surface area (Å²) in [7, 11) is 0. The molecule has 9 rings (SSSR count). The van der Waals surface area contributed by atoms with Gasteiger partial charge in [0, 0.05) is 69.5 Å². The molecule has 0 bridgehead atoms. The van der Waals surface area contributed by atoms with E-state index in [9.17, 15) is 0 Å². The fourth-order valence-corrected chi connectivity index (χ4v) is 5.04. The average Bonchev–Trinajstić information content (AvgIpc) is 3.09. The van der Waals surface area contributed by atoms with Crippen molar-refractivity contribution in [2.24, 2.45) is 0 Å². The van der Waals surface area contributed by atoms with Crippen LogP contribution in [0.15, 0.2) is 146 Å². The quantitative estimate of drug-likeness (QED) is 0.133.